The number of guanidine groups is 1. The average Bonchev–Trinajstić information content (AvgIpc) is 2.57. The van der Waals surface area contributed by atoms with Gasteiger partial charge in [0.25, 0.3) is 0 Å². The van der Waals surface area contributed by atoms with Crippen LogP contribution in [-0.4, -0.2) is 98.1 Å². The summed E-state index contributed by atoms with van der Waals surface area (Å²) in [5.74, 6) is 1.13. The number of rotatable bonds is 4. The lowest BCUT2D eigenvalue weighted by atomic mass is 10.1. The van der Waals surface area contributed by atoms with Crippen LogP contribution in [0.4, 0.5) is 0 Å². The van der Waals surface area contributed by atoms with Gasteiger partial charge in [-0.2, -0.15) is 0 Å². The third-order valence-corrected chi connectivity index (χ3v) is 5.16. The molecule has 0 aromatic heterocycles. The van der Waals surface area contributed by atoms with Gasteiger partial charge in [-0.15, -0.1) is 24.0 Å². The van der Waals surface area contributed by atoms with Gasteiger partial charge in [0.1, 0.15) is 0 Å². The Balaban J connectivity index is 0.00000208. The van der Waals surface area contributed by atoms with Gasteiger partial charge < -0.3 is 15.5 Å². The van der Waals surface area contributed by atoms with E-state index in [2.05, 4.69) is 27.4 Å². The van der Waals surface area contributed by atoms with E-state index in [9.17, 15) is 4.79 Å². The molecule has 0 aromatic carbocycles. The highest BCUT2D eigenvalue weighted by molar-refractivity contribution is 14.0. The molecule has 4 aliphatic rings. The standard InChI is InChI=1S/C16H30N6O.HI/c1-3-17-16(19-13-4-5-15(23)20(2)11-13)18-10-14-12-21-6-8-22(14)9-7-21;/h13-14H,3-12H2,1-2H3,(H2,17,18,19);1H. The lowest BCUT2D eigenvalue weighted by molar-refractivity contribution is -0.132. The molecular weight excluding hydrogens is 419 g/mol. The van der Waals surface area contributed by atoms with Crippen molar-refractivity contribution < 1.29 is 4.79 Å². The summed E-state index contributed by atoms with van der Waals surface area (Å²) < 4.78 is 0. The van der Waals surface area contributed by atoms with E-state index < -0.39 is 0 Å². The highest BCUT2D eigenvalue weighted by atomic mass is 127. The Bertz CT molecular complexity index is 452. The Labute approximate surface area is 162 Å². The number of nitrogens with zero attached hydrogens (tertiary/aromatic N) is 4. The first-order chi connectivity index (χ1) is 11.2. The van der Waals surface area contributed by atoms with Crippen molar-refractivity contribution in [3.05, 3.63) is 0 Å². The summed E-state index contributed by atoms with van der Waals surface area (Å²) in [6.07, 6.45) is 1.51. The van der Waals surface area contributed by atoms with Crippen molar-refractivity contribution in [3.63, 3.8) is 0 Å². The molecule has 0 aromatic rings. The predicted molar refractivity (Wildman–Crippen MR) is 107 cm³/mol. The Morgan fingerprint density at radius 1 is 1.25 bits per heavy atom. The van der Waals surface area contributed by atoms with Crippen LogP contribution >= 0.6 is 24.0 Å². The van der Waals surface area contributed by atoms with Gasteiger partial charge in [-0.05, 0) is 13.3 Å². The summed E-state index contributed by atoms with van der Waals surface area (Å²) in [5.41, 5.74) is 0. The molecule has 2 N–H and O–H groups in total. The minimum atomic E-state index is 0. The maximum absolute atomic E-state index is 11.6. The molecule has 0 aliphatic carbocycles. The van der Waals surface area contributed by atoms with Gasteiger partial charge in [0.15, 0.2) is 5.96 Å². The molecule has 2 unspecified atom stereocenters. The Kier molecular flexibility index (Phi) is 7.55. The molecule has 4 rings (SSSR count). The number of carbonyl (C=O) groups is 1. The van der Waals surface area contributed by atoms with Crippen LogP contribution in [0.2, 0.25) is 0 Å². The molecule has 0 saturated carbocycles. The second-order valence-corrected chi connectivity index (χ2v) is 6.86. The lowest BCUT2D eigenvalue weighted by Gasteiger charge is -2.47. The van der Waals surface area contributed by atoms with Gasteiger partial charge in [-0.3, -0.25) is 19.6 Å². The van der Waals surface area contributed by atoms with E-state index in [0.29, 0.717) is 18.5 Å². The molecule has 1 amide bonds. The molecule has 24 heavy (non-hydrogen) atoms. The number of piperazine rings is 3. The molecule has 2 bridgehead atoms. The van der Waals surface area contributed by atoms with Crippen LogP contribution in [0.1, 0.15) is 19.8 Å². The van der Waals surface area contributed by atoms with E-state index in [4.69, 9.17) is 4.99 Å². The van der Waals surface area contributed by atoms with Crippen LogP contribution in [0.25, 0.3) is 0 Å². The monoisotopic (exact) mass is 450 g/mol. The average molecular weight is 450 g/mol. The fraction of sp³-hybridized carbons (Fsp3) is 0.875. The number of aliphatic imine (C=N–C) groups is 1. The summed E-state index contributed by atoms with van der Waals surface area (Å²) in [5, 5.41) is 6.85. The zero-order valence-corrected chi connectivity index (χ0v) is 17.2. The summed E-state index contributed by atoms with van der Waals surface area (Å²) in [6, 6.07) is 0.839. The van der Waals surface area contributed by atoms with Crippen LogP contribution in [0, 0.1) is 0 Å². The molecular formula is C16H31IN6O. The van der Waals surface area contributed by atoms with Gasteiger partial charge in [0.2, 0.25) is 5.91 Å². The van der Waals surface area contributed by atoms with E-state index in [1.807, 2.05) is 11.9 Å². The number of nitrogens with one attached hydrogen (secondary N) is 2. The van der Waals surface area contributed by atoms with E-state index in [1.54, 1.807) is 0 Å². The number of carbonyl (C=O) groups excluding carboxylic acids is 1. The van der Waals surface area contributed by atoms with Crippen LogP contribution in [0.3, 0.4) is 0 Å². The summed E-state index contributed by atoms with van der Waals surface area (Å²) >= 11 is 0. The second-order valence-electron chi connectivity index (χ2n) is 6.86. The largest absolute Gasteiger partial charge is 0.357 e. The minimum absolute atomic E-state index is 0. The molecule has 0 spiro atoms. The van der Waals surface area contributed by atoms with Crippen molar-refractivity contribution in [1.29, 1.82) is 0 Å². The van der Waals surface area contributed by atoms with Gasteiger partial charge in [-0.25, -0.2) is 0 Å². The van der Waals surface area contributed by atoms with Gasteiger partial charge >= 0.3 is 0 Å². The fourth-order valence-electron chi connectivity index (χ4n) is 3.74. The van der Waals surface area contributed by atoms with Crippen LogP contribution in [0.5, 0.6) is 0 Å². The number of piperidine rings is 1. The highest BCUT2D eigenvalue weighted by Gasteiger charge is 2.31. The predicted octanol–water partition coefficient (Wildman–Crippen LogP) is -0.220. The quantitative estimate of drug-likeness (QED) is 0.353. The van der Waals surface area contributed by atoms with Gasteiger partial charge in [0, 0.05) is 71.4 Å². The summed E-state index contributed by atoms with van der Waals surface area (Å²) in [6.45, 7) is 10.5. The van der Waals surface area contributed by atoms with Crippen LogP contribution in [-0.2, 0) is 4.79 Å². The number of likely N-dealkylation sites (tertiary alicyclic amines) is 1. The first-order valence-electron chi connectivity index (χ1n) is 8.91. The fourth-order valence-corrected chi connectivity index (χ4v) is 3.74. The van der Waals surface area contributed by atoms with Crippen molar-refractivity contribution in [3.8, 4) is 0 Å². The molecule has 8 heteroatoms. The zero-order valence-electron chi connectivity index (χ0n) is 14.8. The van der Waals surface area contributed by atoms with Crippen molar-refractivity contribution in [1.82, 2.24) is 25.3 Å². The smallest absolute Gasteiger partial charge is 0.222 e. The van der Waals surface area contributed by atoms with Crippen molar-refractivity contribution in [2.75, 3.05) is 59.4 Å². The Hall–Kier alpha value is -0.610. The molecule has 0 radical (unpaired) electrons. The third-order valence-electron chi connectivity index (χ3n) is 5.16. The molecule has 4 fully saturated rings. The van der Waals surface area contributed by atoms with E-state index in [0.717, 1.165) is 38.6 Å². The minimum Gasteiger partial charge on any atom is -0.357 e. The second kappa shape index (κ2) is 9.19. The number of likely N-dealkylation sites (N-methyl/N-ethyl adjacent to an activating group) is 1. The highest BCUT2D eigenvalue weighted by Crippen LogP contribution is 2.15. The number of hydrogen-bond donors (Lipinski definition) is 2. The normalized spacial score (nSPS) is 33.2. The van der Waals surface area contributed by atoms with Crippen molar-refractivity contribution >= 4 is 35.8 Å². The molecule has 4 aliphatic heterocycles. The lowest BCUT2D eigenvalue weighted by Crippen LogP contribution is -2.62. The molecule has 4 saturated heterocycles. The SMILES string of the molecule is CCNC(=NCC1CN2CCN1CC2)NC1CCC(=O)N(C)C1.I. The number of hydrogen-bond acceptors (Lipinski definition) is 4. The van der Waals surface area contributed by atoms with Crippen molar-refractivity contribution in [2.45, 2.75) is 31.8 Å². The van der Waals surface area contributed by atoms with Crippen LogP contribution < -0.4 is 10.6 Å². The van der Waals surface area contributed by atoms with E-state index >= 15 is 0 Å². The maximum atomic E-state index is 11.6. The third kappa shape index (κ3) is 4.95. The summed E-state index contributed by atoms with van der Waals surface area (Å²) in [4.78, 5) is 23.3. The van der Waals surface area contributed by atoms with Crippen molar-refractivity contribution in [2.24, 2.45) is 4.99 Å². The molecule has 7 nitrogen and oxygen atoms in total. The zero-order chi connectivity index (χ0) is 16.2. The first kappa shape index (κ1) is 19.7. The van der Waals surface area contributed by atoms with E-state index in [1.165, 1.54) is 26.2 Å². The maximum Gasteiger partial charge on any atom is 0.222 e. The van der Waals surface area contributed by atoms with Gasteiger partial charge in [-0.1, -0.05) is 0 Å². The summed E-state index contributed by atoms with van der Waals surface area (Å²) in [7, 11) is 1.88. The van der Waals surface area contributed by atoms with Gasteiger partial charge in [0.05, 0.1) is 6.54 Å². The Morgan fingerprint density at radius 3 is 2.58 bits per heavy atom. The molecule has 2 atom stereocenters. The number of amides is 1. The number of fused-ring (bicyclic) bond motifs is 3. The van der Waals surface area contributed by atoms with Crippen LogP contribution in [0.15, 0.2) is 4.99 Å². The molecule has 4 heterocycles. The van der Waals surface area contributed by atoms with E-state index in [-0.39, 0.29) is 29.9 Å². The topological polar surface area (TPSA) is 63.2 Å². The Morgan fingerprint density at radius 2 is 2.00 bits per heavy atom. The number of halogens is 1. The first-order valence-corrected chi connectivity index (χ1v) is 8.91. The molecule has 138 valence electrons.